The molecule has 1 heterocycles. The highest BCUT2D eigenvalue weighted by Gasteiger charge is 2.10. The van der Waals surface area contributed by atoms with Crippen LogP contribution in [0.1, 0.15) is 23.7 Å². The summed E-state index contributed by atoms with van der Waals surface area (Å²) in [4.78, 5) is 13.3. The molecule has 0 saturated carbocycles. The van der Waals surface area contributed by atoms with Crippen LogP contribution in [0.2, 0.25) is 5.02 Å². The van der Waals surface area contributed by atoms with Crippen molar-refractivity contribution in [1.29, 1.82) is 0 Å². The number of anilines is 1. The van der Waals surface area contributed by atoms with Gasteiger partial charge in [-0.2, -0.15) is 4.80 Å². The minimum atomic E-state index is -0.337. The number of rotatable bonds is 4. The second kappa shape index (κ2) is 6.26. The maximum atomic E-state index is 11.8. The zero-order valence-corrected chi connectivity index (χ0v) is 13.2. The smallest absolute Gasteiger partial charge is 0.338 e. The van der Waals surface area contributed by atoms with Crippen LogP contribution in [0.5, 0.6) is 0 Å². The molecule has 0 aliphatic heterocycles. The fourth-order valence-electron chi connectivity index (χ4n) is 2.08. The Morgan fingerprint density at radius 1 is 1.22 bits per heavy atom. The first kappa shape index (κ1) is 15.3. The third-order valence-corrected chi connectivity index (χ3v) is 3.60. The Hall–Kier alpha value is -2.60. The minimum absolute atomic E-state index is 0.337. The molecule has 3 aromatic rings. The van der Waals surface area contributed by atoms with Gasteiger partial charge in [0, 0.05) is 0 Å². The fourth-order valence-corrected chi connectivity index (χ4v) is 2.24. The summed E-state index contributed by atoms with van der Waals surface area (Å²) in [6, 6.07) is 10.2. The Kier molecular flexibility index (Phi) is 4.16. The van der Waals surface area contributed by atoms with Crippen molar-refractivity contribution < 1.29 is 9.53 Å². The van der Waals surface area contributed by atoms with Gasteiger partial charge in [0.15, 0.2) is 0 Å². The Balaban J connectivity index is 1.88. The van der Waals surface area contributed by atoms with Gasteiger partial charge in [-0.1, -0.05) is 18.5 Å². The molecule has 0 aliphatic rings. The fraction of sp³-hybridized carbons (Fsp3) is 0.188. The molecule has 23 heavy (non-hydrogen) atoms. The molecule has 0 fully saturated rings. The predicted octanol–water partition coefficient (Wildman–Crippen LogP) is 3.22. The highest BCUT2D eigenvalue weighted by Crippen LogP contribution is 2.24. The number of nitrogen functional groups attached to an aromatic ring is 1. The van der Waals surface area contributed by atoms with Crippen molar-refractivity contribution >= 4 is 34.3 Å². The summed E-state index contributed by atoms with van der Waals surface area (Å²) < 4.78 is 5.09. The normalized spacial score (nSPS) is 10.9. The van der Waals surface area contributed by atoms with Crippen LogP contribution in [0.4, 0.5) is 5.69 Å². The number of nitrogens with zero attached hydrogens (tertiary/aromatic N) is 3. The van der Waals surface area contributed by atoms with Gasteiger partial charge < -0.3 is 10.5 Å². The maximum Gasteiger partial charge on any atom is 0.338 e. The van der Waals surface area contributed by atoms with Gasteiger partial charge in [0.25, 0.3) is 0 Å². The topological polar surface area (TPSA) is 83.0 Å². The van der Waals surface area contributed by atoms with E-state index in [9.17, 15) is 4.79 Å². The van der Waals surface area contributed by atoms with E-state index in [1.807, 2.05) is 6.92 Å². The molecular weight excluding hydrogens is 316 g/mol. The molecule has 0 atom stereocenters. The van der Waals surface area contributed by atoms with Crippen molar-refractivity contribution in [2.75, 3.05) is 12.3 Å². The van der Waals surface area contributed by atoms with Crippen LogP contribution in [-0.4, -0.2) is 27.6 Å². The third kappa shape index (κ3) is 3.12. The standard InChI is InChI=1S/C16H15ClN4O2/c1-2-7-23-16(22)10-3-5-11(6-4-10)21-19-14-8-12(17)13(18)9-15(14)20-21/h3-6,8-9H,2,7,18H2,1H3. The molecule has 2 aromatic carbocycles. The summed E-state index contributed by atoms with van der Waals surface area (Å²) in [5, 5.41) is 9.16. The first-order valence-electron chi connectivity index (χ1n) is 7.18. The van der Waals surface area contributed by atoms with E-state index in [0.29, 0.717) is 33.9 Å². The van der Waals surface area contributed by atoms with Crippen molar-refractivity contribution in [3.8, 4) is 5.69 Å². The molecule has 118 valence electrons. The van der Waals surface area contributed by atoms with Crippen molar-refractivity contribution in [2.24, 2.45) is 0 Å². The number of esters is 1. The Labute approximate surface area is 137 Å². The van der Waals surface area contributed by atoms with Gasteiger partial charge in [0.1, 0.15) is 11.0 Å². The van der Waals surface area contributed by atoms with E-state index in [-0.39, 0.29) is 5.97 Å². The lowest BCUT2D eigenvalue weighted by Gasteiger charge is -2.04. The molecule has 7 heteroatoms. The zero-order valence-electron chi connectivity index (χ0n) is 12.5. The molecule has 0 saturated heterocycles. The Morgan fingerprint density at radius 2 is 1.87 bits per heavy atom. The summed E-state index contributed by atoms with van der Waals surface area (Å²) in [6.45, 7) is 2.36. The van der Waals surface area contributed by atoms with Gasteiger partial charge in [0.05, 0.1) is 28.6 Å². The first-order chi connectivity index (χ1) is 11.1. The van der Waals surface area contributed by atoms with Crippen LogP contribution in [-0.2, 0) is 4.74 Å². The maximum absolute atomic E-state index is 11.8. The van der Waals surface area contributed by atoms with Crippen molar-refractivity contribution in [2.45, 2.75) is 13.3 Å². The molecule has 0 amide bonds. The second-order valence-corrected chi connectivity index (χ2v) is 5.44. The van der Waals surface area contributed by atoms with E-state index in [1.54, 1.807) is 36.4 Å². The number of ether oxygens (including phenoxy) is 1. The molecule has 0 spiro atoms. The van der Waals surface area contributed by atoms with Crippen LogP contribution < -0.4 is 5.73 Å². The quantitative estimate of drug-likeness (QED) is 0.586. The number of carbonyl (C=O) groups is 1. The van der Waals surface area contributed by atoms with Gasteiger partial charge >= 0.3 is 5.97 Å². The molecule has 0 bridgehead atoms. The number of hydrogen-bond acceptors (Lipinski definition) is 5. The summed E-state index contributed by atoms with van der Waals surface area (Å²) in [6.07, 6.45) is 0.791. The van der Waals surface area contributed by atoms with E-state index < -0.39 is 0 Å². The summed E-state index contributed by atoms with van der Waals surface area (Å²) >= 11 is 5.99. The first-order valence-corrected chi connectivity index (χ1v) is 7.56. The number of aromatic nitrogens is 3. The van der Waals surface area contributed by atoms with Crippen LogP contribution in [0.3, 0.4) is 0 Å². The largest absolute Gasteiger partial charge is 0.462 e. The van der Waals surface area contributed by atoms with Crippen LogP contribution in [0, 0.1) is 0 Å². The zero-order chi connectivity index (χ0) is 16.4. The number of benzene rings is 2. The molecule has 1 aromatic heterocycles. The minimum Gasteiger partial charge on any atom is -0.462 e. The molecule has 0 aliphatic carbocycles. The predicted molar refractivity (Wildman–Crippen MR) is 88.9 cm³/mol. The van der Waals surface area contributed by atoms with Crippen LogP contribution >= 0.6 is 11.6 Å². The van der Waals surface area contributed by atoms with Crippen LogP contribution in [0.15, 0.2) is 36.4 Å². The van der Waals surface area contributed by atoms with E-state index in [0.717, 1.165) is 12.1 Å². The van der Waals surface area contributed by atoms with Crippen LogP contribution in [0.25, 0.3) is 16.7 Å². The van der Waals surface area contributed by atoms with Gasteiger partial charge in [-0.3, -0.25) is 0 Å². The van der Waals surface area contributed by atoms with Crippen molar-refractivity contribution in [3.05, 3.63) is 47.0 Å². The molecule has 2 N–H and O–H groups in total. The lowest BCUT2D eigenvalue weighted by Crippen LogP contribution is -2.06. The summed E-state index contributed by atoms with van der Waals surface area (Å²) in [5.74, 6) is -0.337. The monoisotopic (exact) mass is 330 g/mol. The average Bonchev–Trinajstić information content (AvgIpc) is 2.96. The van der Waals surface area contributed by atoms with Gasteiger partial charge in [-0.15, -0.1) is 10.2 Å². The van der Waals surface area contributed by atoms with Gasteiger partial charge in [-0.25, -0.2) is 4.79 Å². The third-order valence-electron chi connectivity index (χ3n) is 3.27. The summed E-state index contributed by atoms with van der Waals surface area (Å²) in [5.41, 5.74) is 8.74. The lowest BCUT2D eigenvalue weighted by atomic mass is 10.2. The highest BCUT2D eigenvalue weighted by molar-refractivity contribution is 6.33. The molecule has 3 rings (SSSR count). The molecule has 0 radical (unpaired) electrons. The number of carbonyl (C=O) groups excluding carboxylic acids is 1. The van der Waals surface area contributed by atoms with Gasteiger partial charge in [-0.05, 0) is 42.8 Å². The SMILES string of the molecule is CCCOC(=O)c1ccc(-n2nc3cc(N)c(Cl)cc3n2)cc1. The Bertz CT molecular complexity index is 819. The summed E-state index contributed by atoms with van der Waals surface area (Å²) in [7, 11) is 0. The van der Waals surface area contributed by atoms with Crippen molar-refractivity contribution in [1.82, 2.24) is 15.0 Å². The average molecular weight is 331 g/mol. The van der Waals surface area contributed by atoms with E-state index in [2.05, 4.69) is 10.2 Å². The van der Waals surface area contributed by atoms with E-state index in [4.69, 9.17) is 22.1 Å². The number of hydrogen-bond donors (Lipinski definition) is 1. The lowest BCUT2D eigenvalue weighted by molar-refractivity contribution is 0.0505. The molecular formula is C16H15ClN4O2. The Morgan fingerprint density at radius 3 is 2.52 bits per heavy atom. The van der Waals surface area contributed by atoms with E-state index >= 15 is 0 Å². The van der Waals surface area contributed by atoms with Gasteiger partial charge in [0.2, 0.25) is 0 Å². The van der Waals surface area contributed by atoms with E-state index in [1.165, 1.54) is 4.80 Å². The highest BCUT2D eigenvalue weighted by atomic mass is 35.5. The molecule has 0 unspecified atom stereocenters. The number of fused-ring (bicyclic) bond motifs is 1. The number of nitrogens with two attached hydrogens (primary N) is 1. The molecule has 6 nitrogen and oxygen atoms in total. The number of halogens is 1. The second-order valence-electron chi connectivity index (χ2n) is 5.03. The van der Waals surface area contributed by atoms with Crippen molar-refractivity contribution in [3.63, 3.8) is 0 Å².